The molecule has 0 fully saturated rings. The first kappa shape index (κ1) is 68.3. The van der Waals surface area contributed by atoms with Crippen molar-refractivity contribution in [1.29, 1.82) is 0 Å². The van der Waals surface area contributed by atoms with Gasteiger partial charge < -0.3 is 14.2 Å². The number of unbranched alkanes of at least 4 members (excludes halogenated alkanes) is 27. The van der Waals surface area contributed by atoms with Crippen LogP contribution in [0.25, 0.3) is 0 Å². The molecule has 0 aliphatic rings. The van der Waals surface area contributed by atoms with Gasteiger partial charge in [0.05, 0.1) is 0 Å². The topological polar surface area (TPSA) is 78.9 Å². The van der Waals surface area contributed by atoms with Crippen molar-refractivity contribution in [3.05, 3.63) is 97.2 Å². The molecule has 1 atom stereocenters. The normalized spacial score (nSPS) is 12.8. The number of hydrogen-bond donors (Lipinski definition) is 0. The maximum Gasteiger partial charge on any atom is 0.306 e. The van der Waals surface area contributed by atoms with Gasteiger partial charge in [-0.1, -0.05) is 279 Å². The Morgan fingerprint density at radius 1 is 0.292 bits per heavy atom. The number of carbonyl (C=O) groups excluding carboxylic acids is 3. The Bertz CT molecular complexity index is 1430. The largest absolute Gasteiger partial charge is 0.462 e. The molecule has 0 aliphatic heterocycles. The molecule has 0 rings (SSSR count). The maximum absolute atomic E-state index is 12.8. The van der Waals surface area contributed by atoms with Gasteiger partial charge in [0.25, 0.3) is 0 Å². The zero-order chi connectivity index (χ0) is 52.2. The van der Waals surface area contributed by atoms with Crippen LogP contribution < -0.4 is 0 Å². The van der Waals surface area contributed by atoms with Gasteiger partial charge in [-0.15, -0.1) is 0 Å². The summed E-state index contributed by atoms with van der Waals surface area (Å²) in [5, 5.41) is 0. The lowest BCUT2D eigenvalue weighted by atomic mass is 10.0. The Balaban J connectivity index is 4.45. The van der Waals surface area contributed by atoms with Gasteiger partial charge in [-0.05, 0) is 83.5 Å². The number of allylic oxidation sites excluding steroid dienone is 16. The van der Waals surface area contributed by atoms with Crippen LogP contribution in [0, 0.1) is 0 Å². The van der Waals surface area contributed by atoms with E-state index in [0.717, 1.165) is 103 Å². The first-order valence-corrected chi connectivity index (χ1v) is 30.2. The highest BCUT2D eigenvalue weighted by molar-refractivity contribution is 5.71. The molecule has 0 radical (unpaired) electrons. The van der Waals surface area contributed by atoms with E-state index in [1.165, 1.54) is 135 Å². The zero-order valence-corrected chi connectivity index (χ0v) is 47.2. The number of carbonyl (C=O) groups is 3. The quantitative estimate of drug-likeness (QED) is 0.0261. The van der Waals surface area contributed by atoms with E-state index in [1.807, 2.05) is 6.08 Å². The minimum atomic E-state index is -0.824. The van der Waals surface area contributed by atoms with Crippen LogP contribution in [0.2, 0.25) is 0 Å². The van der Waals surface area contributed by atoms with Crippen LogP contribution in [0.4, 0.5) is 0 Å². The molecule has 0 heterocycles. The summed E-state index contributed by atoms with van der Waals surface area (Å²) in [7, 11) is 0. The van der Waals surface area contributed by atoms with Crippen molar-refractivity contribution in [2.75, 3.05) is 13.2 Å². The van der Waals surface area contributed by atoms with E-state index in [0.29, 0.717) is 19.3 Å². The summed E-state index contributed by atoms with van der Waals surface area (Å²) in [6.45, 7) is 6.44. The molecule has 1 unspecified atom stereocenters. The molecule has 0 aromatic rings. The molecule has 0 aromatic heterocycles. The van der Waals surface area contributed by atoms with Crippen LogP contribution in [0.15, 0.2) is 97.2 Å². The second-order valence-corrected chi connectivity index (χ2v) is 19.9. The maximum atomic E-state index is 12.8. The number of ether oxygens (including phenoxy) is 3. The van der Waals surface area contributed by atoms with Crippen LogP contribution in [0.3, 0.4) is 0 Å². The van der Waals surface area contributed by atoms with Gasteiger partial charge in [-0.3, -0.25) is 14.4 Å². The van der Waals surface area contributed by atoms with Crippen molar-refractivity contribution in [2.24, 2.45) is 0 Å². The zero-order valence-electron chi connectivity index (χ0n) is 47.2. The molecule has 0 aliphatic carbocycles. The third-order valence-corrected chi connectivity index (χ3v) is 12.8. The summed E-state index contributed by atoms with van der Waals surface area (Å²) >= 11 is 0. The highest BCUT2D eigenvalue weighted by Gasteiger charge is 2.19. The second kappa shape index (κ2) is 59.9. The van der Waals surface area contributed by atoms with E-state index in [9.17, 15) is 14.4 Å². The molecule has 412 valence electrons. The lowest BCUT2D eigenvalue weighted by molar-refractivity contribution is -0.166. The highest BCUT2D eigenvalue weighted by atomic mass is 16.6. The molecule has 0 saturated carbocycles. The summed E-state index contributed by atoms with van der Waals surface area (Å²) in [5.74, 6) is -1.00. The fourth-order valence-electron chi connectivity index (χ4n) is 8.31. The minimum absolute atomic E-state index is 0.111. The van der Waals surface area contributed by atoms with Crippen LogP contribution in [0.5, 0.6) is 0 Å². The molecular formula is C66H112O6. The Morgan fingerprint density at radius 3 is 0.944 bits per heavy atom. The van der Waals surface area contributed by atoms with Crippen LogP contribution in [-0.4, -0.2) is 37.2 Å². The second-order valence-electron chi connectivity index (χ2n) is 19.9. The Labute approximate surface area is 445 Å². The van der Waals surface area contributed by atoms with E-state index in [-0.39, 0.29) is 31.6 Å². The predicted molar refractivity (Wildman–Crippen MR) is 311 cm³/mol. The first-order valence-electron chi connectivity index (χ1n) is 30.2. The molecule has 0 bridgehead atoms. The van der Waals surface area contributed by atoms with Gasteiger partial charge in [-0.2, -0.15) is 0 Å². The summed E-state index contributed by atoms with van der Waals surface area (Å²) in [6, 6.07) is 0. The molecule has 0 amide bonds. The highest BCUT2D eigenvalue weighted by Crippen LogP contribution is 2.16. The SMILES string of the molecule is CC/C=C\C/C=C\C/C=C\C/C=C\C/C=C\C/C=C\CCC(=O)OC(COC(=O)CCCCCCC/C=C\C/C=C\CCCC)COC(=O)CCCCCCCCCCCCCCCCCCCCCCC. The molecular weight excluding hydrogens is 889 g/mol. The molecule has 0 saturated heterocycles. The molecule has 0 aromatic carbocycles. The molecule has 6 nitrogen and oxygen atoms in total. The number of esters is 3. The van der Waals surface area contributed by atoms with E-state index in [2.05, 4.69) is 112 Å². The molecule has 6 heteroatoms. The standard InChI is InChI=1S/C66H112O6/c1-4-7-10-13-16-19-22-25-28-30-32-33-35-36-38-41-44-47-50-53-56-59-65(68)71-62-63(61-70-64(67)58-55-52-49-46-43-40-27-24-21-18-15-12-9-6-3)72-66(69)60-57-54-51-48-45-42-39-37-34-31-29-26-23-20-17-14-11-8-5-2/h8,11,15,17-18,20,24,26-27,29,34,37,42,45,51,54,63H,4-7,9-10,12-14,16,19,21-23,25,28,30-33,35-36,38-41,43-44,46-50,52-53,55-62H2,1-3H3/b11-8-,18-15-,20-17-,27-24-,29-26-,37-34-,45-42-,54-51-. The summed E-state index contributed by atoms with van der Waals surface area (Å²) in [4.78, 5) is 38.2. The van der Waals surface area contributed by atoms with E-state index >= 15 is 0 Å². The van der Waals surface area contributed by atoms with Crippen molar-refractivity contribution in [3.8, 4) is 0 Å². The van der Waals surface area contributed by atoms with E-state index < -0.39 is 12.1 Å². The number of rotatable bonds is 54. The van der Waals surface area contributed by atoms with Gasteiger partial charge in [0.15, 0.2) is 6.10 Å². The lowest BCUT2D eigenvalue weighted by Gasteiger charge is -2.18. The Hall–Kier alpha value is -3.67. The third kappa shape index (κ3) is 57.2. The van der Waals surface area contributed by atoms with E-state index in [1.54, 1.807) is 0 Å². The average Bonchev–Trinajstić information content (AvgIpc) is 3.38. The molecule has 0 spiro atoms. The summed E-state index contributed by atoms with van der Waals surface area (Å²) < 4.78 is 16.8. The third-order valence-electron chi connectivity index (χ3n) is 12.8. The summed E-state index contributed by atoms with van der Waals surface area (Å²) in [5.41, 5.74) is 0. The fraction of sp³-hybridized carbons (Fsp3) is 0.712. The number of hydrogen-bond acceptors (Lipinski definition) is 6. The summed E-state index contributed by atoms with van der Waals surface area (Å²) in [6.07, 6.45) is 79.9. The monoisotopic (exact) mass is 1000 g/mol. The van der Waals surface area contributed by atoms with Crippen molar-refractivity contribution in [2.45, 2.75) is 290 Å². The fourth-order valence-corrected chi connectivity index (χ4v) is 8.31. The van der Waals surface area contributed by atoms with Crippen LogP contribution >= 0.6 is 0 Å². The van der Waals surface area contributed by atoms with Crippen molar-refractivity contribution < 1.29 is 28.6 Å². The van der Waals surface area contributed by atoms with E-state index in [4.69, 9.17) is 14.2 Å². The van der Waals surface area contributed by atoms with Gasteiger partial charge in [0.2, 0.25) is 0 Å². The van der Waals surface area contributed by atoms with Gasteiger partial charge in [0.1, 0.15) is 13.2 Å². The average molecular weight is 1000 g/mol. The van der Waals surface area contributed by atoms with Gasteiger partial charge in [-0.25, -0.2) is 0 Å². The predicted octanol–water partition coefficient (Wildman–Crippen LogP) is 20.5. The smallest absolute Gasteiger partial charge is 0.306 e. The van der Waals surface area contributed by atoms with Crippen molar-refractivity contribution >= 4 is 17.9 Å². The van der Waals surface area contributed by atoms with Crippen molar-refractivity contribution in [3.63, 3.8) is 0 Å². The molecule has 0 N–H and O–H groups in total. The minimum Gasteiger partial charge on any atom is -0.462 e. The van der Waals surface area contributed by atoms with Gasteiger partial charge >= 0.3 is 17.9 Å². The Morgan fingerprint density at radius 2 is 0.583 bits per heavy atom. The molecule has 72 heavy (non-hydrogen) atoms. The van der Waals surface area contributed by atoms with Crippen LogP contribution in [0.1, 0.15) is 284 Å². The first-order chi connectivity index (χ1) is 35.5. The Kier molecular flexibility index (Phi) is 56.8. The van der Waals surface area contributed by atoms with Crippen molar-refractivity contribution in [1.82, 2.24) is 0 Å². The lowest BCUT2D eigenvalue weighted by Crippen LogP contribution is -2.30. The van der Waals surface area contributed by atoms with Gasteiger partial charge in [0, 0.05) is 19.3 Å². The van der Waals surface area contributed by atoms with Crippen LogP contribution in [-0.2, 0) is 28.6 Å².